The van der Waals surface area contributed by atoms with Gasteiger partial charge < -0.3 is 18.7 Å². The maximum absolute atomic E-state index is 12.9. The van der Waals surface area contributed by atoms with Crippen LogP contribution in [0.3, 0.4) is 0 Å². The molecule has 1 spiro atoms. The minimum Gasteiger partial charge on any atom is -0.495 e. The van der Waals surface area contributed by atoms with Crippen LogP contribution in [0.4, 0.5) is 0 Å². The van der Waals surface area contributed by atoms with Crippen molar-refractivity contribution in [3.05, 3.63) is 81.4 Å². The molecule has 2 aromatic rings. The van der Waals surface area contributed by atoms with E-state index in [9.17, 15) is 4.79 Å². The summed E-state index contributed by atoms with van der Waals surface area (Å²) in [6.45, 7) is 6.05. The van der Waals surface area contributed by atoms with Crippen molar-refractivity contribution in [1.29, 1.82) is 0 Å². The van der Waals surface area contributed by atoms with Gasteiger partial charge in [0.15, 0.2) is 5.60 Å². The third kappa shape index (κ3) is 2.92. The van der Waals surface area contributed by atoms with E-state index >= 15 is 0 Å². The van der Waals surface area contributed by atoms with Gasteiger partial charge in [0.05, 0.1) is 32.2 Å². The SMILES string of the molecule is C=C1/C(=C\C=C/C)C(=O)OC12c1cc(Cl)c(OC)cc1Oc1cc(OP)c(Cl)cc12. The highest BCUT2D eigenvalue weighted by atomic mass is 35.5. The van der Waals surface area contributed by atoms with Crippen molar-refractivity contribution in [3.8, 4) is 23.0 Å². The number of carbonyl (C=O) groups is 1. The number of halogens is 2. The number of allylic oxidation sites excluding steroid dienone is 3. The summed E-state index contributed by atoms with van der Waals surface area (Å²) in [5.74, 6) is 1.13. The van der Waals surface area contributed by atoms with Gasteiger partial charge in [0, 0.05) is 28.8 Å². The van der Waals surface area contributed by atoms with E-state index in [1.807, 2.05) is 13.0 Å². The molecule has 154 valence electrons. The Morgan fingerprint density at radius 1 is 1.10 bits per heavy atom. The number of ether oxygens (including phenoxy) is 3. The smallest absolute Gasteiger partial charge is 0.340 e. The Hall–Kier alpha value is -2.46. The molecule has 0 saturated carbocycles. The number of esters is 1. The van der Waals surface area contributed by atoms with Gasteiger partial charge in [-0.1, -0.05) is 41.9 Å². The molecule has 2 aliphatic rings. The van der Waals surface area contributed by atoms with Crippen LogP contribution in [0.2, 0.25) is 10.0 Å². The zero-order chi connectivity index (χ0) is 21.6. The van der Waals surface area contributed by atoms with E-state index in [-0.39, 0.29) is 0 Å². The number of benzene rings is 2. The summed E-state index contributed by atoms with van der Waals surface area (Å²) < 4.78 is 22.7. The van der Waals surface area contributed by atoms with Crippen LogP contribution in [0.1, 0.15) is 18.1 Å². The molecule has 2 aliphatic heterocycles. The van der Waals surface area contributed by atoms with Gasteiger partial charge in [-0.2, -0.15) is 0 Å². The predicted octanol–water partition coefficient (Wildman–Crippen LogP) is 6.14. The highest BCUT2D eigenvalue weighted by Crippen LogP contribution is 2.59. The van der Waals surface area contributed by atoms with E-state index in [1.54, 1.807) is 36.4 Å². The second-order valence-electron chi connectivity index (χ2n) is 6.64. The molecule has 0 amide bonds. The minimum atomic E-state index is -1.35. The molecule has 1 fully saturated rings. The summed E-state index contributed by atoms with van der Waals surface area (Å²) >= 11 is 12.8. The van der Waals surface area contributed by atoms with Crippen LogP contribution in [0.25, 0.3) is 0 Å². The van der Waals surface area contributed by atoms with Crippen LogP contribution in [-0.2, 0) is 15.1 Å². The molecule has 30 heavy (non-hydrogen) atoms. The zero-order valence-corrected chi connectivity index (χ0v) is 18.8. The number of rotatable bonds is 3. The van der Waals surface area contributed by atoms with Crippen LogP contribution >= 0.6 is 32.7 Å². The first-order valence-electron chi connectivity index (χ1n) is 8.90. The lowest BCUT2D eigenvalue weighted by atomic mass is 9.77. The van der Waals surface area contributed by atoms with Crippen molar-refractivity contribution in [2.75, 3.05) is 7.11 Å². The topological polar surface area (TPSA) is 54.0 Å². The lowest BCUT2D eigenvalue weighted by Gasteiger charge is -2.36. The molecule has 2 heterocycles. The Kier molecular flexibility index (Phi) is 5.31. The molecular weight excluding hydrogens is 446 g/mol. The molecule has 2 atom stereocenters. The van der Waals surface area contributed by atoms with Crippen molar-refractivity contribution in [2.45, 2.75) is 12.5 Å². The largest absolute Gasteiger partial charge is 0.495 e. The Bertz CT molecular complexity index is 1090. The van der Waals surface area contributed by atoms with Crippen molar-refractivity contribution in [2.24, 2.45) is 0 Å². The molecule has 4 rings (SSSR count). The number of carbonyl (C=O) groups excluding carboxylic acids is 1. The Morgan fingerprint density at radius 2 is 1.70 bits per heavy atom. The quantitative estimate of drug-likeness (QED) is 0.311. The molecule has 0 bridgehead atoms. The van der Waals surface area contributed by atoms with Gasteiger partial charge in [-0.25, -0.2) is 4.79 Å². The molecule has 8 heteroatoms. The number of hydrogen-bond acceptors (Lipinski definition) is 5. The Labute approximate surface area is 186 Å². The van der Waals surface area contributed by atoms with Crippen LogP contribution < -0.4 is 14.0 Å². The average molecular weight is 463 g/mol. The highest BCUT2D eigenvalue weighted by Gasteiger charge is 2.55. The fourth-order valence-electron chi connectivity index (χ4n) is 3.66. The fraction of sp³-hybridized carbons (Fsp3) is 0.136. The summed E-state index contributed by atoms with van der Waals surface area (Å²) in [5.41, 5.74) is 0.495. The first kappa shape index (κ1) is 20.8. The first-order valence-corrected chi connectivity index (χ1v) is 10.1. The monoisotopic (exact) mass is 462 g/mol. The number of fused-ring (bicyclic) bond motifs is 4. The lowest BCUT2D eigenvalue weighted by Crippen LogP contribution is -2.32. The third-order valence-electron chi connectivity index (χ3n) is 5.06. The molecule has 2 aromatic carbocycles. The molecular formula is C22H17Cl2O5P. The molecule has 0 aliphatic carbocycles. The zero-order valence-electron chi connectivity index (χ0n) is 16.1. The summed E-state index contributed by atoms with van der Waals surface area (Å²) in [4.78, 5) is 12.9. The van der Waals surface area contributed by atoms with Gasteiger partial charge in [0.2, 0.25) is 0 Å². The predicted molar refractivity (Wildman–Crippen MR) is 119 cm³/mol. The average Bonchev–Trinajstić information content (AvgIpc) is 2.97. The Balaban J connectivity index is 2.06. The molecule has 1 saturated heterocycles. The van der Waals surface area contributed by atoms with Crippen molar-refractivity contribution in [3.63, 3.8) is 0 Å². The molecule has 5 nitrogen and oxygen atoms in total. The van der Waals surface area contributed by atoms with Crippen LogP contribution in [0, 0.1) is 0 Å². The lowest BCUT2D eigenvalue weighted by molar-refractivity contribution is -0.143. The molecule has 0 aromatic heterocycles. The second-order valence-corrected chi connectivity index (χ2v) is 7.69. The normalized spacial score (nSPS) is 20.9. The summed E-state index contributed by atoms with van der Waals surface area (Å²) in [5, 5.41) is 0.665. The molecule has 0 radical (unpaired) electrons. The van der Waals surface area contributed by atoms with E-state index in [2.05, 4.69) is 16.0 Å². The highest BCUT2D eigenvalue weighted by molar-refractivity contribution is 7.10. The Morgan fingerprint density at radius 3 is 2.27 bits per heavy atom. The van der Waals surface area contributed by atoms with Crippen molar-refractivity contribution >= 4 is 38.6 Å². The van der Waals surface area contributed by atoms with Gasteiger partial charge in [0.25, 0.3) is 0 Å². The van der Waals surface area contributed by atoms with Crippen molar-refractivity contribution < 1.29 is 23.5 Å². The van der Waals surface area contributed by atoms with Gasteiger partial charge in [0.1, 0.15) is 23.0 Å². The summed E-state index contributed by atoms with van der Waals surface area (Å²) in [6.07, 6.45) is 5.23. The maximum Gasteiger partial charge on any atom is 0.340 e. The minimum absolute atomic E-state index is 0.324. The van der Waals surface area contributed by atoms with E-state index in [0.717, 1.165) is 0 Å². The van der Waals surface area contributed by atoms with E-state index in [1.165, 1.54) is 7.11 Å². The van der Waals surface area contributed by atoms with Crippen molar-refractivity contribution in [1.82, 2.24) is 0 Å². The third-order valence-corrected chi connectivity index (χ3v) is 5.91. The van der Waals surface area contributed by atoms with E-state index < -0.39 is 11.6 Å². The first-order chi connectivity index (χ1) is 14.4. The van der Waals surface area contributed by atoms with Gasteiger partial charge >= 0.3 is 5.97 Å². The standard InChI is InChI=1S/C22H17Cl2O5P/c1-4-5-6-12-11(2)22(28-21(12)25)13-7-15(23)19(26-3)9-17(13)27-18-10-20(29-30)16(24)8-14(18)22/h4-10H,2,30H2,1,3H3/b5-4-,12-6+. The molecule has 0 N–H and O–H groups in total. The maximum atomic E-state index is 12.9. The number of hydrogen-bond donors (Lipinski definition) is 0. The number of methoxy groups -OCH3 is 1. The van der Waals surface area contributed by atoms with E-state index in [4.69, 9.17) is 41.9 Å². The van der Waals surface area contributed by atoms with Crippen LogP contribution in [0.15, 0.2) is 60.2 Å². The van der Waals surface area contributed by atoms with Gasteiger partial charge in [-0.15, -0.1) is 0 Å². The van der Waals surface area contributed by atoms with Crippen LogP contribution in [0.5, 0.6) is 23.0 Å². The van der Waals surface area contributed by atoms with Gasteiger partial charge in [-0.3, -0.25) is 0 Å². The summed E-state index contributed by atoms with van der Waals surface area (Å²) in [6, 6.07) is 6.58. The summed E-state index contributed by atoms with van der Waals surface area (Å²) in [7, 11) is 3.65. The fourth-order valence-corrected chi connectivity index (χ4v) is 4.38. The second kappa shape index (κ2) is 7.66. The molecule has 2 unspecified atom stereocenters. The van der Waals surface area contributed by atoms with Crippen LogP contribution in [-0.4, -0.2) is 13.1 Å². The van der Waals surface area contributed by atoms with E-state index in [0.29, 0.717) is 55.3 Å². The van der Waals surface area contributed by atoms with Gasteiger partial charge in [-0.05, 0) is 25.1 Å².